The first kappa shape index (κ1) is 9.94. The van der Waals surface area contributed by atoms with Crippen molar-refractivity contribution in [3.63, 3.8) is 0 Å². The zero-order valence-corrected chi connectivity index (χ0v) is 9.20. The van der Waals surface area contributed by atoms with Crippen LogP contribution in [0.5, 0.6) is 0 Å². The highest BCUT2D eigenvalue weighted by Crippen LogP contribution is 2.16. The quantitative estimate of drug-likeness (QED) is 0.703. The summed E-state index contributed by atoms with van der Waals surface area (Å²) < 4.78 is 3.76. The van der Waals surface area contributed by atoms with E-state index in [1.807, 2.05) is 16.8 Å². The van der Waals surface area contributed by atoms with E-state index in [9.17, 15) is 0 Å². The average molecular weight is 237 g/mol. The molecule has 0 amide bonds. The standard InChI is InChI=1S/C5H4N4S.C3H3NS/c1-2-10-5(6-1)4-3-7-9-8-4;1-2-4-5-3-1/h1-3H,(H,7,8,9);1-3H. The maximum Gasteiger partial charge on any atom is 0.145 e. The number of nitrogens with one attached hydrogen (secondary N) is 1. The van der Waals surface area contributed by atoms with E-state index in [1.165, 1.54) is 11.5 Å². The maximum atomic E-state index is 4.05. The molecule has 5 nitrogen and oxygen atoms in total. The first-order chi connectivity index (χ1) is 7.47. The van der Waals surface area contributed by atoms with E-state index in [0.29, 0.717) is 0 Å². The molecular weight excluding hydrogens is 230 g/mol. The lowest BCUT2D eigenvalue weighted by Crippen LogP contribution is -1.73. The van der Waals surface area contributed by atoms with Crippen LogP contribution in [0.4, 0.5) is 0 Å². The minimum Gasteiger partial charge on any atom is -0.265 e. The van der Waals surface area contributed by atoms with Crippen molar-refractivity contribution in [1.82, 2.24) is 24.8 Å². The Morgan fingerprint density at radius 2 is 2.20 bits per heavy atom. The van der Waals surface area contributed by atoms with E-state index in [4.69, 9.17) is 0 Å². The largest absolute Gasteiger partial charge is 0.265 e. The van der Waals surface area contributed by atoms with Crippen LogP contribution in [0.1, 0.15) is 0 Å². The van der Waals surface area contributed by atoms with Gasteiger partial charge in [-0.3, -0.25) is 5.10 Å². The molecule has 3 aromatic heterocycles. The van der Waals surface area contributed by atoms with Crippen LogP contribution in [0.2, 0.25) is 0 Å². The maximum absolute atomic E-state index is 4.05. The number of hydrogen-bond acceptors (Lipinski definition) is 6. The molecule has 0 radical (unpaired) electrons. The van der Waals surface area contributed by atoms with Gasteiger partial charge in [-0.15, -0.1) is 16.4 Å². The van der Waals surface area contributed by atoms with Crippen molar-refractivity contribution in [2.75, 3.05) is 0 Å². The molecule has 0 unspecified atom stereocenters. The van der Waals surface area contributed by atoms with E-state index in [0.717, 1.165) is 10.7 Å². The highest BCUT2D eigenvalue weighted by atomic mass is 32.1. The van der Waals surface area contributed by atoms with Gasteiger partial charge in [0.2, 0.25) is 0 Å². The van der Waals surface area contributed by atoms with Crippen molar-refractivity contribution in [2.45, 2.75) is 0 Å². The first-order valence-corrected chi connectivity index (χ1v) is 5.79. The molecular formula is C8H7N5S2. The summed E-state index contributed by atoms with van der Waals surface area (Å²) >= 11 is 3.01. The summed E-state index contributed by atoms with van der Waals surface area (Å²) in [6.45, 7) is 0. The normalized spacial score (nSPS) is 9.33. The van der Waals surface area contributed by atoms with E-state index in [-0.39, 0.29) is 0 Å². The van der Waals surface area contributed by atoms with Crippen LogP contribution >= 0.6 is 22.9 Å². The summed E-state index contributed by atoms with van der Waals surface area (Å²) in [5, 5.41) is 14.7. The molecule has 7 heteroatoms. The van der Waals surface area contributed by atoms with Crippen molar-refractivity contribution in [3.05, 3.63) is 35.4 Å². The van der Waals surface area contributed by atoms with Crippen molar-refractivity contribution >= 4 is 22.9 Å². The highest BCUT2D eigenvalue weighted by molar-refractivity contribution is 7.13. The van der Waals surface area contributed by atoms with Gasteiger partial charge in [0.25, 0.3) is 0 Å². The van der Waals surface area contributed by atoms with Gasteiger partial charge in [0.05, 0.1) is 6.20 Å². The summed E-state index contributed by atoms with van der Waals surface area (Å²) in [4.78, 5) is 4.05. The lowest BCUT2D eigenvalue weighted by Gasteiger charge is -1.80. The molecule has 1 N–H and O–H groups in total. The second-order valence-electron chi connectivity index (χ2n) is 2.38. The third-order valence-corrected chi connectivity index (χ3v) is 2.73. The Kier molecular flexibility index (Phi) is 3.53. The third kappa shape index (κ3) is 2.93. The van der Waals surface area contributed by atoms with Gasteiger partial charge in [-0.25, -0.2) is 9.36 Å². The number of rotatable bonds is 1. The van der Waals surface area contributed by atoms with E-state index >= 15 is 0 Å². The summed E-state index contributed by atoms with van der Waals surface area (Å²) in [7, 11) is 0. The summed E-state index contributed by atoms with van der Waals surface area (Å²) in [6, 6.07) is 1.91. The van der Waals surface area contributed by atoms with Crippen LogP contribution in [-0.4, -0.2) is 24.8 Å². The monoisotopic (exact) mass is 237 g/mol. The predicted octanol–water partition coefficient (Wildman–Crippen LogP) is 2.07. The molecule has 0 saturated carbocycles. The Bertz CT molecular complexity index is 396. The van der Waals surface area contributed by atoms with E-state index in [2.05, 4.69) is 24.8 Å². The number of hydrogen-bond donors (Lipinski definition) is 1. The number of H-pyrrole nitrogens is 1. The Morgan fingerprint density at radius 3 is 2.67 bits per heavy atom. The smallest absolute Gasteiger partial charge is 0.145 e. The molecule has 0 aliphatic heterocycles. The van der Waals surface area contributed by atoms with E-state index in [1.54, 1.807) is 29.9 Å². The molecule has 0 aliphatic rings. The second kappa shape index (κ2) is 5.32. The molecule has 76 valence electrons. The molecule has 0 aliphatic carbocycles. The second-order valence-corrected chi connectivity index (χ2v) is 3.97. The van der Waals surface area contributed by atoms with Crippen LogP contribution in [0.25, 0.3) is 10.7 Å². The molecule has 3 heterocycles. The predicted molar refractivity (Wildman–Crippen MR) is 59.6 cm³/mol. The molecule has 0 bridgehead atoms. The third-order valence-electron chi connectivity index (χ3n) is 1.42. The van der Waals surface area contributed by atoms with Gasteiger partial charge in [0, 0.05) is 23.2 Å². The lowest BCUT2D eigenvalue weighted by atomic mass is 10.5. The van der Waals surface area contributed by atoms with Gasteiger partial charge in [-0.2, -0.15) is 0 Å². The average Bonchev–Trinajstić information content (AvgIpc) is 3.06. The van der Waals surface area contributed by atoms with Gasteiger partial charge < -0.3 is 0 Å². The molecule has 3 aromatic rings. The molecule has 3 rings (SSSR count). The molecule has 0 aromatic carbocycles. The van der Waals surface area contributed by atoms with Crippen molar-refractivity contribution in [3.8, 4) is 10.7 Å². The van der Waals surface area contributed by atoms with Gasteiger partial charge in [0.1, 0.15) is 10.7 Å². The number of aromatic nitrogens is 5. The summed E-state index contributed by atoms with van der Waals surface area (Å²) in [6.07, 6.45) is 5.23. The number of thiazole rings is 1. The van der Waals surface area contributed by atoms with Crippen LogP contribution in [0.3, 0.4) is 0 Å². The molecule has 15 heavy (non-hydrogen) atoms. The van der Waals surface area contributed by atoms with Gasteiger partial charge in [-0.05, 0) is 17.6 Å². The highest BCUT2D eigenvalue weighted by Gasteiger charge is 2.00. The van der Waals surface area contributed by atoms with Crippen LogP contribution in [-0.2, 0) is 0 Å². The van der Waals surface area contributed by atoms with E-state index < -0.39 is 0 Å². The lowest BCUT2D eigenvalue weighted by molar-refractivity contribution is 0.941. The Morgan fingerprint density at radius 1 is 1.20 bits per heavy atom. The van der Waals surface area contributed by atoms with Crippen LogP contribution in [0.15, 0.2) is 35.4 Å². The molecule has 0 spiro atoms. The van der Waals surface area contributed by atoms with Crippen molar-refractivity contribution < 1.29 is 0 Å². The SMILES string of the molecule is c1cnsc1.c1csc(-c2c[nH]nn2)n1. The Balaban J connectivity index is 0.000000144. The summed E-state index contributed by atoms with van der Waals surface area (Å²) in [5.74, 6) is 0. The Hall–Kier alpha value is -1.60. The first-order valence-electron chi connectivity index (χ1n) is 4.07. The fraction of sp³-hybridized carbons (Fsp3) is 0. The molecule has 0 atom stereocenters. The minimum absolute atomic E-state index is 0.801. The number of nitrogens with zero attached hydrogens (tertiary/aromatic N) is 4. The Labute approximate surface area is 94.0 Å². The van der Waals surface area contributed by atoms with Gasteiger partial charge >= 0.3 is 0 Å². The van der Waals surface area contributed by atoms with Crippen LogP contribution < -0.4 is 0 Å². The van der Waals surface area contributed by atoms with Crippen molar-refractivity contribution in [2.24, 2.45) is 0 Å². The fourth-order valence-electron chi connectivity index (χ4n) is 0.832. The minimum atomic E-state index is 0.801. The van der Waals surface area contributed by atoms with Crippen molar-refractivity contribution in [1.29, 1.82) is 0 Å². The fourth-order valence-corrected chi connectivity index (χ4v) is 1.78. The number of aromatic amines is 1. The van der Waals surface area contributed by atoms with Gasteiger partial charge in [-0.1, -0.05) is 5.21 Å². The topological polar surface area (TPSA) is 67.3 Å². The van der Waals surface area contributed by atoms with Crippen LogP contribution in [0, 0.1) is 0 Å². The zero-order valence-electron chi connectivity index (χ0n) is 7.57. The summed E-state index contributed by atoms with van der Waals surface area (Å²) in [5.41, 5.74) is 0.801. The molecule has 0 saturated heterocycles. The molecule has 0 fully saturated rings. The zero-order chi connectivity index (χ0) is 10.3. The van der Waals surface area contributed by atoms with Gasteiger partial charge in [0.15, 0.2) is 0 Å².